The maximum absolute atomic E-state index is 12.9. The van der Waals surface area contributed by atoms with Gasteiger partial charge < -0.3 is 14.8 Å². The summed E-state index contributed by atoms with van der Waals surface area (Å²) in [4.78, 5) is 12.8. The minimum atomic E-state index is -3.74. The van der Waals surface area contributed by atoms with Gasteiger partial charge in [-0.15, -0.1) is 0 Å². The zero-order chi connectivity index (χ0) is 20.1. The van der Waals surface area contributed by atoms with Gasteiger partial charge in [0, 0.05) is 25.7 Å². The standard InChI is InChI=1S/C20H24N2O5S/c1-3-22(4-2)28(24,25)16-12-17(19-18(13-16)26-10-11-27-19)20(23)21-14-15-8-6-5-7-9-15/h5-9,12-13H,3-4,10-11,14H2,1-2H3,(H,21,23). The summed E-state index contributed by atoms with van der Waals surface area (Å²) in [6.45, 7) is 5.13. The number of fused-ring (bicyclic) bond motifs is 1. The molecule has 0 unspecified atom stereocenters. The summed E-state index contributed by atoms with van der Waals surface area (Å²) in [5.74, 6) is 0.127. The summed E-state index contributed by atoms with van der Waals surface area (Å²) >= 11 is 0. The van der Waals surface area contributed by atoms with Gasteiger partial charge in [0.2, 0.25) is 10.0 Å². The SMILES string of the molecule is CCN(CC)S(=O)(=O)c1cc2c(c(C(=O)NCc3ccccc3)c1)OCCO2. The molecule has 2 aromatic rings. The third-order valence-corrected chi connectivity index (χ3v) is 6.53. The van der Waals surface area contributed by atoms with Crippen LogP contribution in [0.2, 0.25) is 0 Å². The van der Waals surface area contributed by atoms with Gasteiger partial charge in [-0.25, -0.2) is 8.42 Å². The molecule has 0 fully saturated rings. The molecule has 1 amide bonds. The van der Waals surface area contributed by atoms with E-state index in [9.17, 15) is 13.2 Å². The third-order valence-electron chi connectivity index (χ3n) is 4.50. The minimum absolute atomic E-state index is 0.0188. The number of ether oxygens (including phenoxy) is 2. The van der Waals surface area contributed by atoms with Crippen molar-refractivity contribution in [2.24, 2.45) is 0 Å². The lowest BCUT2D eigenvalue weighted by Crippen LogP contribution is -2.31. The largest absolute Gasteiger partial charge is 0.486 e. The molecule has 0 radical (unpaired) electrons. The predicted molar refractivity (Wildman–Crippen MR) is 105 cm³/mol. The lowest BCUT2D eigenvalue weighted by molar-refractivity contribution is 0.0939. The molecule has 0 spiro atoms. The van der Waals surface area contributed by atoms with Gasteiger partial charge in [0.25, 0.3) is 5.91 Å². The van der Waals surface area contributed by atoms with Crippen LogP contribution in [0, 0.1) is 0 Å². The second kappa shape index (κ2) is 8.62. The van der Waals surface area contributed by atoms with Gasteiger partial charge in [0.05, 0.1) is 10.5 Å². The fourth-order valence-electron chi connectivity index (χ4n) is 3.03. The van der Waals surface area contributed by atoms with E-state index in [4.69, 9.17) is 9.47 Å². The molecule has 150 valence electrons. The molecule has 7 nitrogen and oxygen atoms in total. The van der Waals surface area contributed by atoms with Crippen LogP contribution in [-0.2, 0) is 16.6 Å². The fraction of sp³-hybridized carbons (Fsp3) is 0.350. The molecule has 1 aliphatic heterocycles. The Balaban J connectivity index is 1.96. The molecule has 8 heteroatoms. The van der Waals surface area contributed by atoms with Gasteiger partial charge >= 0.3 is 0 Å². The van der Waals surface area contributed by atoms with Gasteiger partial charge in [-0.3, -0.25) is 4.79 Å². The number of benzene rings is 2. The highest BCUT2D eigenvalue weighted by Crippen LogP contribution is 2.37. The molecule has 0 atom stereocenters. The van der Waals surface area contributed by atoms with E-state index in [2.05, 4.69) is 5.32 Å². The lowest BCUT2D eigenvalue weighted by Gasteiger charge is -2.24. The van der Waals surface area contributed by atoms with E-state index in [0.717, 1.165) is 5.56 Å². The lowest BCUT2D eigenvalue weighted by atomic mass is 10.1. The molecule has 28 heavy (non-hydrogen) atoms. The summed E-state index contributed by atoms with van der Waals surface area (Å²) in [5, 5.41) is 2.82. The highest BCUT2D eigenvalue weighted by molar-refractivity contribution is 7.89. The molecule has 0 saturated carbocycles. The van der Waals surface area contributed by atoms with Crippen LogP contribution in [0.25, 0.3) is 0 Å². The number of carbonyl (C=O) groups is 1. The summed E-state index contributed by atoms with van der Waals surface area (Å²) in [6, 6.07) is 12.3. The van der Waals surface area contributed by atoms with E-state index < -0.39 is 15.9 Å². The van der Waals surface area contributed by atoms with Gasteiger partial charge in [-0.05, 0) is 11.6 Å². The van der Waals surface area contributed by atoms with Crippen molar-refractivity contribution >= 4 is 15.9 Å². The Morgan fingerprint density at radius 3 is 2.43 bits per heavy atom. The number of amides is 1. The molecule has 1 aliphatic rings. The Kier molecular flexibility index (Phi) is 6.21. The second-order valence-corrected chi connectivity index (χ2v) is 8.19. The smallest absolute Gasteiger partial charge is 0.255 e. The number of rotatable bonds is 7. The molecular weight excluding hydrogens is 380 g/mol. The average molecular weight is 404 g/mol. The Labute approximate surface area is 165 Å². The van der Waals surface area contributed by atoms with E-state index in [1.165, 1.54) is 16.4 Å². The highest BCUT2D eigenvalue weighted by Gasteiger charge is 2.29. The van der Waals surface area contributed by atoms with Crippen molar-refractivity contribution in [1.82, 2.24) is 9.62 Å². The first-order chi connectivity index (χ1) is 13.5. The normalized spacial score (nSPS) is 13.4. The third kappa shape index (κ3) is 4.13. The van der Waals surface area contributed by atoms with Crippen LogP contribution in [0.1, 0.15) is 29.8 Å². The number of nitrogens with zero attached hydrogens (tertiary/aromatic N) is 1. The number of hydrogen-bond acceptors (Lipinski definition) is 5. The Morgan fingerprint density at radius 2 is 1.75 bits per heavy atom. The van der Waals surface area contributed by atoms with Gasteiger partial charge in [0.1, 0.15) is 13.2 Å². The Hall–Kier alpha value is -2.58. The van der Waals surface area contributed by atoms with E-state index in [0.29, 0.717) is 32.8 Å². The number of hydrogen-bond donors (Lipinski definition) is 1. The van der Waals surface area contributed by atoms with Gasteiger partial charge in [-0.1, -0.05) is 44.2 Å². The quantitative estimate of drug-likeness (QED) is 0.766. The zero-order valence-electron chi connectivity index (χ0n) is 16.0. The second-order valence-electron chi connectivity index (χ2n) is 6.25. The molecular formula is C20H24N2O5S. The molecule has 2 aromatic carbocycles. The van der Waals surface area contributed by atoms with E-state index in [-0.39, 0.29) is 22.0 Å². The van der Waals surface area contributed by atoms with Crippen molar-refractivity contribution in [3.63, 3.8) is 0 Å². The van der Waals surface area contributed by atoms with Crippen LogP contribution in [0.4, 0.5) is 0 Å². The molecule has 0 bridgehead atoms. The van der Waals surface area contributed by atoms with Crippen LogP contribution in [0.5, 0.6) is 11.5 Å². The summed E-state index contributed by atoms with van der Waals surface area (Å²) < 4.78 is 38.4. The minimum Gasteiger partial charge on any atom is -0.486 e. The molecule has 0 aliphatic carbocycles. The molecule has 0 aromatic heterocycles. The van der Waals surface area contributed by atoms with Crippen LogP contribution in [0.3, 0.4) is 0 Å². The fourth-order valence-corrected chi connectivity index (χ4v) is 4.53. The van der Waals surface area contributed by atoms with Crippen molar-refractivity contribution in [3.8, 4) is 11.5 Å². The number of sulfonamides is 1. The van der Waals surface area contributed by atoms with E-state index in [1.54, 1.807) is 13.8 Å². The van der Waals surface area contributed by atoms with Crippen LogP contribution < -0.4 is 14.8 Å². The average Bonchev–Trinajstić information content (AvgIpc) is 2.72. The van der Waals surface area contributed by atoms with E-state index in [1.807, 2.05) is 30.3 Å². The van der Waals surface area contributed by atoms with Crippen molar-refractivity contribution in [3.05, 3.63) is 53.6 Å². The van der Waals surface area contributed by atoms with Crippen molar-refractivity contribution in [2.75, 3.05) is 26.3 Å². The molecule has 3 rings (SSSR count). The van der Waals surface area contributed by atoms with Crippen LogP contribution in [-0.4, -0.2) is 44.9 Å². The summed E-state index contributed by atoms with van der Waals surface area (Å²) in [6.07, 6.45) is 0. The van der Waals surface area contributed by atoms with Gasteiger partial charge in [-0.2, -0.15) is 4.31 Å². The zero-order valence-corrected chi connectivity index (χ0v) is 16.8. The van der Waals surface area contributed by atoms with Crippen molar-refractivity contribution < 1.29 is 22.7 Å². The van der Waals surface area contributed by atoms with Crippen molar-refractivity contribution in [1.29, 1.82) is 0 Å². The maximum atomic E-state index is 12.9. The first kappa shape index (κ1) is 20.2. The Bertz CT molecular complexity index is 941. The van der Waals surface area contributed by atoms with Crippen LogP contribution >= 0.6 is 0 Å². The summed E-state index contributed by atoms with van der Waals surface area (Å²) in [5.41, 5.74) is 1.09. The van der Waals surface area contributed by atoms with Crippen LogP contribution in [0.15, 0.2) is 47.4 Å². The Morgan fingerprint density at radius 1 is 1.07 bits per heavy atom. The molecule has 1 heterocycles. The predicted octanol–water partition coefficient (Wildman–Crippen LogP) is 2.42. The summed E-state index contributed by atoms with van der Waals surface area (Å²) in [7, 11) is -3.74. The number of carbonyl (C=O) groups excluding carboxylic acids is 1. The van der Waals surface area contributed by atoms with E-state index >= 15 is 0 Å². The topological polar surface area (TPSA) is 84.9 Å². The molecule has 1 N–H and O–H groups in total. The highest BCUT2D eigenvalue weighted by atomic mass is 32.2. The first-order valence-corrected chi connectivity index (χ1v) is 10.7. The maximum Gasteiger partial charge on any atom is 0.255 e. The first-order valence-electron chi connectivity index (χ1n) is 9.23. The number of nitrogens with one attached hydrogen (secondary N) is 1. The van der Waals surface area contributed by atoms with Crippen molar-refractivity contribution in [2.45, 2.75) is 25.3 Å². The van der Waals surface area contributed by atoms with Gasteiger partial charge in [0.15, 0.2) is 11.5 Å². The monoisotopic (exact) mass is 404 g/mol. The molecule has 0 saturated heterocycles.